The first-order valence-corrected chi connectivity index (χ1v) is 8.74. The zero-order valence-corrected chi connectivity index (χ0v) is 13.6. The van der Waals surface area contributed by atoms with E-state index >= 15 is 0 Å². The van der Waals surface area contributed by atoms with E-state index in [9.17, 15) is 4.79 Å². The van der Waals surface area contributed by atoms with Crippen LogP contribution in [0.5, 0.6) is 5.75 Å². The van der Waals surface area contributed by atoms with Gasteiger partial charge in [-0.3, -0.25) is 4.79 Å². The van der Waals surface area contributed by atoms with E-state index < -0.39 is 0 Å². The molecule has 0 unspecified atom stereocenters. The van der Waals surface area contributed by atoms with E-state index in [-0.39, 0.29) is 0 Å². The number of hydrogen-bond donors (Lipinski definition) is 0. The zero-order valence-electron chi connectivity index (χ0n) is 13.6. The average molecular weight is 301 g/mol. The Morgan fingerprint density at radius 2 is 2.09 bits per heavy atom. The Hall–Kier alpha value is -1.51. The van der Waals surface area contributed by atoms with Gasteiger partial charge in [0.25, 0.3) is 0 Å². The number of likely N-dealkylation sites (tertiary alicyclic amines) is 1. The molecule has 1 aromatic rings. The molecule has 1 heterocycles. The van der Waals surface area contributed by atoms with Crippen molar-refractivity contribution in [1.82, 2.24) is 4.90 Å². The summed E-state index contributed by atoms with van der Waals surface area (Å²) >= 11 is 0. The number of amides is 1. The van der Waals surface area contributed by atoms with Gasteiger partial charge in [-0.1, -0.05) is 19.1 Å². The van der Waals surface area contributed by atoms with Gasteiger partial charge in [-0.2, -0.15) is 0 Å². The fraction of sp³-hybridized carbons (Fsp3) is 0.632. The third kappa shape index (κ3) is 4.02. The molecule has 1 saturated heterocycles. The molecule has 0 spiro atoms. The molecule has 3 heteroatoms. The summed E-state index contributed by atoms with van der Waals surface area (Å²) in [6, 6.07) is 8.29. The van der Waals surface area contributed by atoms with E-state index in [2.05, 4.69) is 19.1 Å². The summed E-state index contributed by atoms with van der Waals surface area (Å²) in [6.45, 7) is 4.09. The van der Waals surface area contributed by atoms with Crippen LogP contribution >= 0.6 is 0 Å². The Labute approximate surface area is 133 Å². The van der Waals surface area contributed by atoms with Gasteiger partial charge in [0.1, 0.15) is 5.75 Å². The van der Waals surface area contributed by atoms with Crippen LogP contribution in [0.1, 0.15) is 51.0 Å². The van der Waals surface area contributed by atoms with Gasteiger partial charge >= 0.3 is 0 Å². The van der Waals surface area contributed by atoms with Crippen molar-refractivity contribution in [2.24, 2.45) is 5.92 Å². The van der Waals surface area contributed by atoms with Crippen molar-refractivity contribution in [2.45, 2.75) is 58.0 Å². The molecule has 0 bridgehead atoms. The molecular formula is C19H27NO2. The van der Waals surface area contributed by atoms with Gasteiger partial charge in [-0.25, -0.2) is 0 Å². The molecule has 3 nitrogen and oxygen atoms in total. The fourth-order valence-corrected chi connectivity index (χ4v) is 3.54. The number of carbonyl (C=O) groups excluding carboxylic acids is 1. The highest BCUT2D eigenvalue weighted by Gasteiger charge is 2.22. The smallest absolute Gasteiger partial charge is 0.222 e. The molecule has 22 heavy (non-hydrogen) atoms. The highest BCUT2D eigenvalue weighted by Crippen LogP contribution is 2.25. The number of carbonyl (C=O) groups is 1. The van der Waals surface area contributed by atoms with Gasteiger partial charge < -0.3 is 9.64 Å². The summed E-state index contributed by atoms with van der Waals surface area (Å²) in [5.74, 6) is 1.92. The summed E-state index contributed by atoms with van der Waals surface area (Å²) in [6.07, 6.45) is 7.89. The van der Waals surface area contributed by atoms with Gasteiger partial charge in [0.05, 0.1) is 6.10 Å². The lowest BCUT2D eigenvalue weighted by Gasteiger charge is -2.16. The van der Waals surface area contributed by atoms with Crippen LogP contribution in [0.25, 0.3) is 0 Å². The minimum atomic E-state index is 0.298. The van der Waals surface area contributed by atoms with Crippen molar-refractivity contribution in [3.05, 3.63) is 29.8 Å². The normalized spacial score (nSPS) is 22.2. The van der Waals surface area contributed by atoms with Gasteiger partial charge in [0, 0.05) is 19.5 Å². The molecular weight excluding hydrogens is 274 g/mol. The Morgan fingerprint density at radius 3 is 2.82 bits per heavy atom. The van der Waals surface area contributed by atoms with Gasteiger partial charge in [-0.05, 0) is 62.1 Å². The summed E-state index contributed by atoms with van der Waals surface area (Å²) < 4.78 is 6.04. The predicted octanol–water partition coefficient (Wildman–Crippen LogP) is 3.81. The molecule has 1 aromatic carbocycles. The molecule has 1 amide bonds. The minimum absolute atomic E-state index is 0.298. The van der Waals surface area contributed by atoms with Crippen LogP contribution in [-0.4, -0.2) is 30.0 Å². The van der Waals surface area contributed by atoms with Gasteiger partial charge in [-0.15, -0.1) is 0 Å². The maximum absolute atomic E-state index is 12.2. The van der Waals surface area contributed by atoms with Gasteiger partial charge in [0.2, 0.25) is 5.91 Å². The monoisotopic (exact) mass is 301 g/mol. The van der Waals surface area contributed by atoms with Crippen molar-refractivity contribution in [1.29, 1.82) is 0 Å². The largest absolute Gasteiger partial charge is 0.490 e. The van der Waals surface area contributed by atoms with Crippen LogP contribution in [0, 0.1) is 5.92 Å². The second kappa shape index (κ2) is 7.17. The highest BCUT2D eigenvalue weighted by atomic mass is 16.5. The third-order valence-corrected chi connectivity index (χ3v) is 4.91. The number of hydrogen-bond acceptors (Lipinski definition) is 2. The fourth-order valence-electron chi connectivity index (χ4n) is 3.54. The third-order valence-electron chi connectivity index (χ3n) is 4.91. The molecule has 120 valence electrons. The highest BCUT2D eigenvalue weighted by molar-refractivity contribution is 5.76. The van der Waals surface area contributed by atoms with Crippen LogP contribution in [0.4, 0.5) is 0 Å². The molecule has 3 rings (SSSR count). The first-order valence-electron chi connectivity index (χ1n) is 8.74. The lowest BCUT2D eigenvalue weighted by molar-refractivity contribution is -0.130. The summed E-state index contributed by atoms with van der Waals surface area (Å²) in [4.78, 5) is 14.2. The summed E-state index contributed by atoms with van der Waals surface area (Å²) in [5, 5.41) is 0. The molecule has 0 radical (unpaired) electrons. The van der Waals surface area contributed by atoms with Crippen molar-refractivity contribution < 1.29 is 9.53 Å². The maximum atomic E-state index is 12.2. The number of rotatable bonds is 5. The first kappa shape index (κ1) is 15.4. The van der Waals surface area contributed by atoms with Crippen LogP contribution < -0.4 is 4.74 Å². The van der Waals surface area contributed by atoms with Crippen molar-refractivity contribution in [3.63, 3.8) is 0 Å². The number of aryl methyl sites for hydroxylation is 1. The van der Waals surface area contributed by atoms with E-state index in [1.165, 1.54) is 31.2 Å². The maximum Gasteiger partial charge on any atom is 0.222 e. The quantitative estimate of drug-likeness (QED) is 0.827. The van der Waals surface area contributed by atoms with E-state index in [1.807, 2.05) is 17.0 Å². The van der Waals surface area contributed by atoms with Crippen molar-refractivity contribution >= 4 is 5.91 Å². The molecule has 0 aromatic heterocycles. The molecule has 2 aliphatic rings. The second-order valence-corrected chi connectivity index (χ2v) is 6.91. The zero-order chi connectivity index (χ0) is 15.4. The van der Waals surface area contributed by atoms with Crippen LogP contribution in [0.2, 0.25) is 0 Å². The van der Waals surface area contributed by atoms with Crippen LogP contribution in [0.15, 0.2) is 24.3 Å². The molecule has 1 aliphatic carbocycles. The number of nitrogens with zero attached hydrogens (tertiary/aromatic N) is 1. The van der Waals surface area contributed by atoms with Crippen molar-refractivity contribution in [2.75, 3.05) is 13.1 Å². The minimum Gasteiger partial charge on any atom is -0.490 e. The molecule has 1 saturated carbocycles. The summed E-state index contributed by atoms with van der Waals surface area (Å²) in [7, 11) is 0. The van der Waals surface area contributed by atoms with E-state index in [1.54, 1.807) is 0 Å². The van der Waals surface area contributed by atoms with E-state index in [4.69, 9.17) is 4.74 Å². The Balaban J connectivity index is 1.50. The predicted molar refractivity (Wildman–Crippen MR) is 88.0 cm³/mol. The lowest BCUT2D eigenvalue weighted by Crippen LogP contribution is -2.28. The summed E-state index contributed by atoms with van der Waals surface area (Å²) in [5.41, 5.74) is 1.20. The topological polar surface area (TPSA) is 29.5 Å². The SMILES string of the molecule is C[C@H]1CCN(C(=O)CCc2cccc(OC3CCCC3)c2)C1. The van der Waals surface area contributed by atoms with Crippen LogP contribution in [0.3, 0.4) is 0 Å². The van der Waals surface area contributed by atoms with E-state index in [0.717, 1.165) is 31.7 Å². The Morgan fingerprint density at radius 1 is 1.27 bits per heavy atom. The van der Waals surface area contributed by atoms with Gasteiger partial charge in [0.15, 0.2) is 0 Å². The van der Waals surface area contributed by atoms with Crippen LogP contribution in [-0.2, 0) is 11.2 Å². The van der Waals surface area contributed by atoms with E-state index in [0.29, 0.717) is 24.3 Å². The number of benzene rings is 1. The van der Waals surface area contributed by atoms with Crippen molar-refractivity contribution in [3.8, 4) is 5.75 Å². The molecule has 1 atom stereocenters. The lowest BCUT2D eigenvalue weighted by atomic mass is 10.1. The standard InChI is InChI=1S/C19H27NO2/c1-15-11-12-20(14-15)19(21)10-9-16-5-4-8-18(13-16)22-17-6-2-3-7-17/h4-5,8,13,15,17H,2-3,6-7,9-12,14H2,1H3/t15-/m0/s1. The average Bonchev–Trinajstić information content (AvgIpc) is 3.17. The number of ether oxygens (including phenoxy) is 1. The molecule has 0 N–H and O–H groups in total. The Kier molecular flexibility index (Phi) is 5.01. The molecule has 1 aliphatic heterocycles. The Bertz CT molecular complexity index is 508. The second-order valence-electron chi connectivity index (χ2n) is 6.91. The molecule has 2 fully saturated rings. The first-order chi connectivity index (χ1) is 10.7.